The van der Waals surface area contributed by atoms with Crippen LogP contribution in [0.3, 0.4) is 0 Å². The van der Waals surface area contributed by atoms with Crippen LogP contribution in [0.25, 0.3) is 0 Å². The molecule has 0 heterocycles. The van der Waals surface area contributed by atoms with Crippen LogP contribution in [0.1, 0.15) is 47.7 Å². The summed E-state index contributed by atoms with van der Waals surface area (Å²) in [4.78, 5) is 12.5. The molecule has 2 aromatic carbocycles. The second-order valence-electron chi connectivity index (χ2n) is 6.55. The van der Waals surface area contributed by atoms with Crippen LogP contribution in [0, 0.1) is 27.7 Å². The molecule has 0 unspecified atom stereocenters. The second kappa shape index (κ2) is 7.52. The Morgan fingerprint density at radius 2 is 1.71 bits per heavy atom. The molecule has 0 aliphatic heterocycles. The summed E-state index contributed by atoms with van der Waals surface area (Å²) in [5.41, 5.74) is 5.73. The number of carbonyl (C=O) groups excluding carboxylic acids is 1. The Bertz CT molecular complexity index is 737. The van der Waals surface area contributed by atoms with Crippen LogP contribution in [-0.4, -0.2) is 12.0 Å². The topological polar surface area (TPSA) is 38.3 Å². The average Bonchev–Trinajstić information content (AvgIpc) is 2.53. The van der Waals surface area contributed by atoms with Gasteiger partial charge in [0.25, 0.3) is 5.91 Å². The number of ether oxygens (including phenoxy) is 1. The Kier molecular flexibility index (Phi) is 5.66. The lowest BCUT2D eigenvalue weighted by Gasteiger charge is -2.21. The van der Waals surface area contributed by atoms with Crippen molar-refractivity contribution >= 4 is 5.91 Å². The molecule has 1 amide bonds. The third kappa shape index (κ3) is 4.16. The largest absolute Gasteiger partial charge is 0.481 e. The molecule has 24 heavy (non-hydrogen) atoms. The molecule has 1 N–H and O–H groups in total. The van der Waals surface area contributed by atoms with E-state index in [0.29, 0.717) is 0 Å². The third-order valence-electron chi connectivity index (χ3n) is 4.49. The lowest BCUT2D eigenvalue weighted by molar-refractivity contribution is -0.127. The standard InChI is InChI=1S/C21H27NO2/c1-13-10-11-15(3)19(12-13)17(5)22-21(23)18(6)24-20-9-7-8-14(2)16(20)4/h7-12,17-18H,1-6H3,(H,22,23)/t17-,18+/m1/s1. The number of benzene rings is 2. The van der Waals surface area contributed by atoms with E-state index in [0.717, 1.165) is 22.4 Å². The minimum absolute atomic E-state index is 0.0537. The molecule has 3 heteroatoms. The van der Waals surface area contributed by atoms with Gasteiger partial charge in [0, 0.05) is 0 Å². The highest BCUT2D eigenvalue weighted by Gasteiger charge is 2.19. The molecule has 2 atom stereocenters. The van der Waals surface area contributed by atoms with Gasteiger partial charge in [-0.25, -0.2) is 0 Å². The fourth-order valence-electron chi connectivity index (χ4n) is 2.73. The summed E-state index contributed by atoms with van der Waals surface area (Å²) >= 11 is 0. The number of hydrogen-bond acceptors (Lipinski definition) is 2. The minimum Gasteiger partial charge on any atom is -0.481 e. The highest BCUT2D eigenvalue weighted by Crippen LogP contribution is 2.23. The van der Waals surface area contributed by atoms with Crippen molar-refractivity contribution in [3.05, 3.63) is 64.2 Å². The van der Waals surface area contributed by atoms with Gasteiger partial charge in [-0.2, -0.15) is 0 Å². The average molecular weight is 325 g/mol. The number of carbonyl (C=O) groups is 1. The van der Waals surface area contributed by atoms with Gasteiger partial charge in [0.15, 0.2) is 6.10 Å². The highest BCUT2D eigenvalue weighted by atomic mass is 16.5. The quantitative estimate of drug-likeness (QED) is 0.875. The van der Waals surface area contributed by atoms with E-state index in [1.807, 2.05) is 39.0 Å². The Morgan fingerprint density at radius 3 is 2.42 bits per heavy atom. The predicted octanol–water partition coefficient (Wildman–Crippen LogP) is 4.56. The van der Waals surface area contributed by atoms with Gasteiger partial charge < -0.3 is 10.1 Å². The van der Waals surface area contributed by atoms with E-state index in [-0.39, 0.29) is 11.9 Å². The van der Waals surface area contributed by atoms with Crippen molar-refractivity contribution < 1.29 is 9.53 Å². The molecule has 0 radical (unpaired) electrons. The Morgan fingerprint density at radius 1 is 1.00 bits per heavy atom. The van der Waals surface area contributed by atoms with Crippen molar-refractivity contribution in [2.24, 2.45) is 0 Å². The zero-order valence-corrected chi connectivity index (χ0v) is 15.4. The van der Waals surface area contributed by atoms with E-state index >= 15 is 0 Å². The highest BCUT2D eigenvalue weighted by molar-refractivity contribution is 5.81. The number of nitrogens with one attached hydrogen (secondary N) is 1. The number of hydrogen-bond donors (Lipinski definition) is 1. The van der Waals surface area contributed by atoms with Crippen molar-refractivity contribution in [3.63, 3.8) is 0 Å². The second-order valence-corrected chi connectivity index (χ2v) is 6.55. The summed E-state index contributed by atoms with van der Waals surface area (Å²) in [5, 5.41) is 3.05. The van der Waals surface area contributed by atoms with Gasteiger partial charge in [0.05, 0.1) is 6.04 Å². The number of amides is 1. The molecular weight excluding hydrogens is 298 g/mol. The third-order valence-corrected chi connectivity index (χ3v) is 4.49. The van der Waals surface area contributed by atoms with Gasteiger partial charge in [0.2, 0.25) is 0 Å². The number of rotatable bonds is 5. The van der Waals surface area contributed by atoms with Crippen LogP contribution in [0.4, 0.5) is 0 Å². The first kappa shape index (κ1) is 18.1. The van der Waals surface area contributed by atoms with Gasteiger partial charge >= 0.3 is 0 Å². The van der Waals surface area contributed by atoms with E-state index in [1.165, 1.54) is 11.1 Å². The van der Waals surface area contributed by atoms with Gasteiger partial charge in [-0.15, -0.1) is 0 Å². The van der Waals surface area contributed by atoms with E-state index < -0.39 is 6.10 Å². The van der Waals surface area contributed by atoms with Crippen molar-refractivity contribution in [3.8, 4) is 5.75 Å². The minimum atomic E-state index is -0.543. The molecule has 2 rings (SSSR count). The Hall–Kier alpha value is -2.29. The van der Waals surface area contributed by atoms with Crippen LogP contribution in [0.15, 0.2) is 36.4 Å². The Labute approximate surface area is 145 Å². The first-order chi connectivity index (χ1) is 11.3. The number of aryl methyl sites for hydroxylation is 3. The lowest BCUT2D eigenvalue weighted by Crippen LogP contribution is -2.38. The van der Waals surface area contributed by atoms with E-state index in [2.05, 4.69) is 37.4 Å². The van der Waals surface area contributed by atoms with Gasteiger partial charge in [-0.1, -0.05) is 35.9 Å². The monoisotopic (exact) mass is 325 g/mol. The van der Waals surface area contributed by atoms with Crippen LogP contribution in [0.2, 0.25) is 0 Å². The SMILES string of the molecule is Cc1ccc(C)c([C@@H](C)NC(=O)[C@H](C)Oc2cccc(C)c2C)c1. The van der Waals surface area contributed by atoms with Crippen molar-refractivity contribution in [1.82, 2.24) is 5.32 Å². The van der Waals surface area contributed by atoms with Crippen molar-refractivity contribution in [2.45, 2.75) is 53.7 Å². The molecule has 0 aromatic heterocycles. The molecular formula is C21H27NO2. The maximum Gasteiger partial charge on any atom is 0.261 e. The summed E-state index contributed by atoms with van der Waals surface area (Å²) in [6, 6.07) is 12.1. The fourth-order valence-corrected chi connectivity index (χ4v) is 2.73. The summed E-state index contributed by atoms with van der Waals surface area (Å²) in [6.45, 7) is 12.0. The summed E-state index contributed by atoms with van der Waals surface area (Å²) in [7, 11) is 0. The van der Waals surface area contributed by atoms with Crippen LogP contribution < -0.4 is 10.1 Å². The first-order valence-corrected chi connectivity index (χ1v) is 8.40. The summed E-state index contributed by atoms with van der Waals surface area (Å²) < 4.78 is 5.87. The van der Waals surface area contributed by atoms with Crippen LogP contribution in [0.5, 0.6) is 5.75 Å². The predicted molar refractivity (Wildman–Crippen MR) is 98.5 cm³/mol. The zero-order chi connectivity index (χ0) is 17.9. The molecule has 2 aromatic rings. The maximum atomic E-state index is 12.5. The van der Waals surface area contributed by atoms with E-state index in [1.54, 1.807) is 6.92 Å². The Balaban J connectivity index is 2.06. The van der Waals surface area contributed by atoms with Crippen LogP contribution in [-0.2, 0) is 4.79 Å². The normalized spacial score (nSPS) is 13.2. The molecule has 0 aliphatic rings. The molecule has 0 saturated carbocycles. The summed E-state index contributed by atoms with van der Waals surface area (Å²) in [6.07, 6.45) is -0.543. The lowest BCUT2D eigenvalue weighted by atomic mass is 10.00. The van der Waals surface area contributed by atoms with Gasteiger partial charge in [0.1, 0.15) is 5.75 Å². The van der Waals surface area contributed by atoms with Crippen LogP contribution >= 0.6 is 0 Å². The molecule has 128 valence electrons. The molecule has 3 nitrogen and oxygen atoms in total. The van der Waals surface area contributed by atoms with Crippen molar-refractivity contribution in [2.75, 3.05) is 0 Å². The maximum absolute atomic E-state index is 12.5. The van der Waals surface area contributed by atoms with Crippen molar-refractivity contribution in [1.29, 1.82) is 0 Å². The molecule has 0 fully saturated rings. The summed E-state index contributed by atoms with van der Waals surface area (Å²) in [5.74, 6) is 0.654. The molecule has 0 aliphatic carbocycles. The fraction of sp³-hybridized carbons (Fsp3) is 0.381. The molecule has 0 spiro atoms. The van der Waals surface area contributed by atoms with Gasteiger partial charge in [-0.05, 0) is 69.9 Å². The molecule has 0 bridgehead atoms. The van der Waals surface area contributed by atoms with E-state index in [4.69, 9.17) is 4.74 Å². The smallest absolute Gasteiger partial charge is 0.261 e. The van der Waals surface area contributed by atoms with Gasteiger partial charge in [-0.3, -0.25) is 4.79 Å². The van der Waals surface area contributed by atoms with E-state index in [9.17, 15) is 4.79 Å². The molecule has 0 saturated heterocycles. The first-order valence-electron chi connectivity index (χ1n) is 8.40. The zero-order valence-electron chi connectivity index (χ0n) is 15.4.